The SMILES string of the molecule is C=C[C@@H]1O[C@H]2C[C@H]3OC[C@@]3(OC(C)=O)[C@H]3[C@H](OC(=O)c4ccccc4)[C@]4(C(C)(C)O)C[C@H](OC(=O)[C@H](O)[C@H](CC(C)C)NC(=O)OC(C)(C)C)C(C)=C4[C@H](C)[C@H](O1)[C@]23C. The van der Waals surface area contributed by atoms with Crippen LogP contribution in [0, 0.1) is 28.6 Å². The third-order valence-electron chi connectivity index (χ3n) is 13.3. The maximum Gasteiger partial charge on any atom is 0.407 e. The van der Waals surface area contributed by atoms with Crippen LogP contribution >= 0.6 is 0 Å². The third-order valence-corrected chi connectivity index (χ3v) is 13.3. The lowest BCUT2D eigenvalue weighted by atomic mass is 9.49. The van der Waals surface area contributed by atoms with E-state index in [2.05, 4.69) is 11.9 Å². The van der Waals surface area contributed by atoms with Crippen molar-refractivity contribution in [2.24, 2.45) is 28.6 Å². The molecule has 0 aromatic heterocycles. The van der Waals surface area contributed by atoms with Gasteiger partial charge >= 0.3 is 24.0 Å². The molecule has 13 atom stereocenters. The Morgan fingerprint density at radius 2 is 1.71 bits per heavy atom. The number of alkyl carbamates (subject to hydrolysis) is 1. The molecule has 2 saturated carbocycles. The number of esters is 3. The Morgan fingerprint density at radius 3 is 2.25 bits per heavy atom. The normalized spacial score (nSPS) is 36.0. The lowest BCUT2D eigenvalue weighted by molar-refractivity contribution is -0.391. The lowest BCUT2D eigenvalue weighted by Crippen LogP contribution is -2.80. The highest BCUT2D eigenvalue weighted by Gasteiger charge is 2.80. The zero-order chi connectivity index (χ0) is 43.6. The van der Waals surface area contributed by atoms with Crippen LogP contribution < -0.4 is 5.32 Å². The highest BCUT2D eigenvalue weighted by molar-refractivity contribution is 5.89. The Kier molecular flexibility index (Phi) is 12.1. The van der Waals surface area contributed by atoms with Gasteiger partial charge in [0.2, 0.25) is 0 Å². The van der Waals surface area contributed by atoms with Crippen LogP contribution in [0.3, 0.4) is 0 Å². The highest BCUT2D eigenvalue weighted by atomic mass is 16.7. The molecular weight excluding hydrogens is 762 g/mol. The molecule has 0 radical (unpaired) electrons. The van der Waals surface area contributed by atoms with Crippen molar-refractivity contribution < 1.29 is 62.5 Å². The third kappa shape index (κ3) is 7.73. The van der Waals surface area contributed by atoms with Gasteiger partial charge in [0.1, 0.15) is 23.9 Å². The van der Waals surface area contributed by atoms with Crippen molar-refractivity contribution in [3.05, 3.63) is 59.7 Å². The minimum atomic E-state index is -1.79. The van der Waals surface area contributed by atoms with Crippen molar-refractivity contribution in [1.82, 2.24) is 5.32 Å². The summed E-state index contributed by atoms with van der Waals surface area (Å²) in [6.45, 7) is 23.2. The number of aliphatic hydroxyl groups excluding tert-OH is 1. The molecular formula is C45H63NO13. The molecule has 0 unspecified atom stereocenters. The van der Waals surface area contributed by atoms with Gasteiger partial charge in [-0.25, -0.2) is 14.4 Å². The average Bonchev–Trinajstić information content (AvgIpc) is 3.39. The zero-order valence-electron chi connectivity index (χ0n) is 36.2. The Hall–Kier alpha value is -3.82. The number of nitrogens with one attached hydrogen (secondary N) is 1. The molecule has 0 bridgehead atoms. The van der Waals surface area contributed by atoms with Gasteiger partial charge in [0.25, 0.3) is 0 Å². The Balaban J connectivity index is 1.52. The van der Waals surface area contributed by atoms with Crippen LogP contribution in [-0.2, 0) is 42.7 Å². The summed E-state index contributed by atoms with van der Waals surface area (Å²) in [5.74, 6) is -3.69. The number of benzene rings is 1. The first-order valence-electron chi connectivity index (χ1n) is 20.7. The topological polar surface area (TPSA) is 185 Å². The molecule has 59 heavy (non-hydrogen) atoms. The van der Waals surface area contributed by atoms with Gasteiger partial charge in [-0.05, 0) is 83.2 Å². The van der Waals surface area contributed by atoms with Crippen molar-refractivity contribution in [3.8, 4) is 0 Å². The zero-order valence-corrected chi connectivity index (χ0v) is 36.2. The molecule has 1 amide bonds. The Morgan fingerprint density at radius 1 is 1.05 bits per heavy atom. The summed E-state index contributed by atoms with van der Waals surface area (Å²) in [6.07, 6.45) is -5.55. The summed E-state index contributed by atoms with van der Waals surface area (Å²) in [7, 11) is 0. The molecule has 14 nitrogen and oxygen atoms in total. The number of aliphatic hydroxyl groups is 2. The maximum absolute atomic E-state index is 14.5. The minimum absolute atomic E-state index is 0.0118. The molecule has 1 aromatic rings. The molecule has 326 valence electrons. The van der Waals surface area contributed by atoms with Gasteiger partial charge in [-0.2, -0.15) is 0 Å². The smallest absolute Gasteiger partial charge is 0.407 e. The van der Waals surface area contributed by atoms with E-state index in [4.69, 9.17) is 33.2 Å². The summed E-state index contributed by atoms with van der Waals surface area (Å²) in [4.78, 5) is 54.6. The fourth-order valence-corrected chi connectivity index (χ4v) is 11.1. The first-order chi connectivity index (χ1) is 27.4. The van der Waals surface area contributed by atoms with Gasteiger partial charge in [0, 0.05) is 31.1 Å². The predicted octanol–water partition coefficient (Wildman–Crippen LogP) is 5.57. The first kappa shape index (κ1) is 44.7. The van der Waals surface area contributed by atoms with Crippen LogP contribution in [0.2, 0.25) is 0 Å². The van der Waals surface area contributed by atoms with Gasteiger partial charge in [0.05, 0.1) is 47.4 Å². The van der Waals surface area contributed by atoms with E-state index < -0.39 is 112 Å². The van der Waals surface area contributed by atoms with Crippen LogP contribution in [-0.4, -0.2) is 107 Å². The van der Waals surface area contributed by atoms with Gasteiger partial charge in [-0.1, -0.05) is 52.5 Å². The summed E-state index contributed by atoms with van der Waals surface area (Å²) in [6, 6.07) is 7.43. The van der Waals surface area contributed by atoms with Crippen LogP contribution in [0.15, 0.2) is 54.1 Å². The molecule has 3 N–H and O–H groups in total. The minimum Gasteiger partial charge on any atom is -0.457 e. The maximum atomic E-state index is 14.5. The second-order valence-electron chi connectivity index (χ2n) is 19.3. The van der Waals surface area contributed by atoms with E-state index in [1.807, 2.05) is 27.7 Å². The molecule has 14 heteroatoms. The van der Waals surface area contributed by atoms with Crippen LogP contribution in [0.1, 0.15) is 106 Å². The second kappa shape index (κ2) is 15.9. The van der Waals surface area contributed by atoms with E-state index in [0.29, 0.717) is 17.6 Å². The molecule has 4 fully saturated rings. The highest BCUT2D eigenvalue weighted by Crippen LogP contribution is 2.70. The number of carbonyl (C=O) groups excluding carboxylic acids is 4. The van der Waals surface area contributed by atoms with Gasteiger partial charge < -0.3 is 48.7 Å². The average molecular weight is 826 g/mol. The number of ether oxygens (including phenoxy) is 7. The molecule has 3 aliphatic carbocycles. The number of fused-ring (bicyclic) bond motifs is 3. The Labute approximate surface area is 347 Å². The number of rotatable bonds is 11. The Bertz CT molecular complexity index is 1830. The molecule has 5 aliphatic rings. The van der Waals surface area contributed by atoms with Crippen molar-refractivity contribution in [3.63, 3.8) is 0 Å². The summed E-state index contributed by atoms with van der Waals surface area (Å²) in [5, 5.41) is 27.0. The van der Waals surface area contributed by atoms with Crippen LogP contribution in [0.5, 0.6) is 0 Å². The lowest BCUT2D eigenvalue weighted by Gasteiger charge is -2.67. The van der Waals surface area contributed by atoms with Crippen molar-refractivity contribution in [2.75, 3.05) is 6.61 Å². The largest absolute Gasteiger partial charge is 0.457 e. The number of carbonyl (C=O) groups is 4. The summed E-state index contributed by atoms with van der Waals surface area (Å²) < 4.78 is 44.4. The predicted molar refractivity (Wildman–Crippen MR) is 214 cm³/mol. The fraction of sp³-hybridized carbons (Fsp3) is 0.689. The van der Waals surface area contributed by atoms with E-state index in [1.54, 1.807) is 78.0 Å². The summed E-state index contributed by atoms with van der Waals surface area (Å²) >= 11 is 0. The van der Waals surface area contributed by atoms with E-state index in [1.165, 1.54) is 6.92 Å². The molecule has 2 saturated heterocycles. The molecule has 6 rings (SSSR count). The molecule has 0 spiro atoms. The van der Waals surface area contributed by atoms with Gasteiger partial charge in [0.15, 0.2) is 18.0 Å². The van der Waals surface area contributed by atoms with E-state index in [0.717, 1.165) is 0 Å². The van der Waals surface area contributed by atoms with Crippen molar-refractivity contribution in [1.29, 1.82) is 0 Å². The molecule has 1 aromatic carbocycles. The molecule has 2 aliphatic heterocycles. The second-order valence-corrected chi connectivity index (χ2v) is 19.3. The summed E-state index contributed by atoms with van der Waals surface area (Å²) in [5.41, 5.74) is -4.92. The first-order valence-corrected chi connectivity index (χ1v) is 20.7. The van der Waals surface area contributed by atoms with Crippen molar-refractivity contribution in [2.45, 2.75) is 161 Å². The standard InChI is InChI=1S/C45H63NO13/c1-13-32-55-30-20-31-45(22-53-31,58-26(6)47)35-37(57-38(49)27-17-15-14-16-18-27)44(42(10,11)52)21-29(24(4)33(44)25(5)36(56-32)43(30,35)12)54-39(50)34(48)28(19-23(2)3)46-40(51)59-41(7,8)9/h13-18,23,25,28-32,34-37,48,52H,1,19-22H2,2-12H3,(H,46,51)/t25-,28-,29-,30-,31+,32+,34+,35-,36-,37-,43+,44-,45-/m0/s1. The van der Waals surface area contributed by atoms with Gasteiger partial charge in [-0.3, -0.25) is 4.79 Å². The number of hydrogen-bond donors (Lipinski definition) is 3. The number of hydrogen-bond acceptors (Lipinski definition) is 13. The van der Waals surface area contributed by atoms with Crippen molar-refractivity contribution >= 4 is 24.0 Å². The van der Waals surface area contributed by atoms with Gasteiger partial charge in [-0.15, -0.1) is 0 Å². The van der Waals surface area contributed by atoms with Crippen LogP contribution in [0.25, 0.3) is 0 Å². The monoisotopic (exact) mass is 825 g/mol. The molecule has 2 heterocycles. The quantitative estimate of drug-likeness (QED) is 0.143. The fourth-order valence-electron chi connectivity index (χ4n) is 11.1. The van der Waals surface area contributed by atoms with E-state index in [-0.39, 0.29) is 30.9 Å². The van der Waals surface area contributed by atoms with E-state index in [9.17, 15) is 29.4 Å². The van der Waals surface area contributed by atoms with Crippen LogP contribution in [0.4, 0.5) is 4.79 Å². The number of amides is 1. The van der Waals surface area contributed by atoms with E-state index >= 15 is 0 Å².